The maximum atomic E-state index is 5.10. The average Bonchev–Trinajstić information content (AvgIpc) is 2.32. The standard InChI is InChI=1S/C8H12N2O/c1-2-7-3-4-9-10(7)8-5-11-6-8/h3-4,8H,2,5-6H2,1H3. The molecule has 3 nitrogen and oxygen atoms in total. The van der Waals surface area contributed by atoms with Gasteiger partial charge in [0.15, 0.2) is 0 Å². The molecule has 1 fully saturated rings. The Kier molecular flexibility index (Phi) is 1.66. The third-order valence-corrected chi connectivity index (χ3v) is 2.08. The lowest BCUT2D eigenvalue weighted by molar-refractivity contribution is -0.0297. The maximum absolute atomic E-state index is 5.10. The van der Waals surface area contributed by atoms with E-state index in [1.54, 1.807) is 0 Å². The van der Waals surface area contributed by atoms with Crippen LogP contribution in [0.2, 0.25) is 0 Å². The van der Waals surface area contributed by atoms with Gasteiger partial charge in [-0.15, -0.1) is 0 Å². The van der Waals surface area contributed by atoms with Crippen molar-refractivity contribution < 1.29 is 4.74 Å². The van der Waals surface area contributed by atoms with Crippen LogP contribution >= 0.6 is 0 Å². The van der Waals surface area contributed by atoms with Crippen LogP contribution in [-0.4, -0.2) is 23.0 Å². The van der Waals surface area contributed by atoms with Crippen molar-refractivity contribution in [3.8, 4) is 0 Å². The van der Waals surface area contributed by atoms with Crippen molar-refractivity contribution in [2.75, 3.05) is 13.2 Å². The number of aryl methyl sites for hydroxylation is 1. The predicted octanol–water partition coefficient (Wildman–Crippen LogP) is 1.02. The monoisotopic (exact) mass is 152 g/mol. The quantitative estimate of drug-likeness (QED) is 0.632. The minimum Gasteiger partial charge on any atom is -0.377 e. The summed E-state index contributed by atoms with van der Waals surface area (Å²) in [5, 5.41) is 4.25. The maximum Gasteiger partial charge on any atom is 0.0988 e. The molecule has 0 saturated carbocycles. The Morgan fingerprint density at radius 1 is 1.73 bits per heavy atom. The molecule has 60 valence electrons. The second-order valence-corrected chi connectivity index (χ2v) is 2.81. The Hall–Kier alpha value is -0.830. The summed E-state index contributed by atoms with van der Waals surface area (Å²) in [6.45, 7) is 3.80. The van der Waals surface area contributed by atoms with Crippen molar-refractivity contribution in [3.63, 3.8) is 0 Å². The fourth-order valence-electron chi connectivity index (χ4n) is 1.31. The summed E-state index contributed by atoms with van der Waals surface area (Å²) in [6.07, 6.45) is 2.91. The van der Waals surface area contributed by atoms with Gasteiger partial charge in [-0.2, -0.15) is 5.10 Å². The molecule has 0 spiro atoms. The van der Waals surface area contributed by atoms with E-state index in [-0.39, 0.29) is 0 Å². The summed E-state index contributed by atoms with van der Waals surface area (Å²) in [5.41, 5.74) is 1.30. The first-order chi connectivity index (χ1) is 5.42. The number of rotatable bonds is 2. The zero-order valence-corrected chi connectivity index (χ0v) is 6.66. The molecule has 0 bridgehead atoms. The first-order valence-electron chi connectivity index (χ1n) is 4.02. The molecule has 3 heteroatoms. The van der Waals surface area contributed by atoms with Gasteiger partial charge in [-0.3, -0.25) is 4.68 Å². The minimum atomic E-state index is 0.500. The Morgan fingerprint density at radius 3 is 3.09 bits per heavy atom. The van der Waals surface area contributed by atoms with E-state index in [1.807, 2.05) is 6.20 Å². The van der Waals surface area contributed by atoms with Crippen molar-refractivity contribution in [3.05, 3.63) is 18.0 Å². The largest absolute Gasteiger partial charge is 0.377 e. The van der Waals surface area contributed by atoms with Gasteiger partial charge in [-0.25, -0.2) is 0 Å². The Bertz CT molecular complexity index is 240. The van der Waals surface area contributed by atoms with Crippen LogP contribution in [0.1, 0.15) is 18.7 Å². The molecule has 1 aromatic heterocycles. The van der Waals surface area contributed by atoms with Crippen molar-refractivity contribution >= 4 is 0 Å². The fourth-order valence-corrected chi connectivity index (χ4v) is 1.31. The van der Waals surface area contributed by atoms with Crippen LogP contribution in [0.4, 0.5) is 0 Å². The van der Waals surface area contributed by atoms with Gasteiger partial charge >= 0.3 is 0 Å². The summed E-state index contributed by atoms with van der Waals surface area (Å²) in [4.78, 5) is 0. The number of hydrogen-bond donors (Lipinski definition) is 0. The molecular formula is C8H12N2O. The number of hydrogen-bond acceptors (Lipinski definition) is 2. The summed E-state index contributed by atoms with van der Waals surface area (Å²) in [5.74, 6) is 0. The van der Waals surface area contributed by atoms with E-state index in [0.29, 0.717) is 6.04 Å². The number of ether oxygens (including phenoxy) is 1. The normalized spacial score (nSPS) is 18.3. The smallest absolute Gasteiger partial charge is 0.0988 e. The highest BCUT2D eigenvalue weighted by Crippen LogP contribution is 2.17. The minimum absolute atomic E-state index is 0.500. The average molecular weight is 152 g/mol. The fraction of sp³-hybridized carbons (Fsp3) is 0.625. The van der Waals surface area contributed by atoms with Crippen LogP contribution in [-0.2, 0) is 11.2 Å². The van der Waals surface area contributed by atoms with Gasteiger partial charge in [0.1, 0.15) is 0 Å². The molecule has 0 aromatic carbocycles. The Balaban J connectivity index is 2.20. The SMILES string of the molecule is CCc1ccnn1C1COC1. The zero-order valence-electron chi connectivity index (χ0n) is 6.66. The molecule has 1 saturated heterocycles. The van der Waals surface area contributed by atoms with Crippen LogP contribution in [0.25, 0.3) is 0 Å². The van der Waals surface area contributed by atoms with Gasteiger partial charge < -0.3 is 4.74 Å². The van der Waals surface area contributed by atoms with Crippen LogP contribution < -0.4 is 0 Å². The van der Waals surface area contributed by atoms with Gasteiger partial charge in [0.25, 0.3) is 0 Å². The van der Waals surface area contributed by atoms with E-state index < -0.39 is 0 Å². The topological polar surface area (TPSA) is 27.1 Å². The van der Waals surface area contributed by atoms with Crippen LogP contribution in [0.5, 0.6) is 0 Å². The number of aromatic nitrogens is 2. The summed E-state index contributed by atoms with van der Waals surface area (Å²) < 4.78 is 7.17. The van der Waals surface area contributed by atoms with Gasteiger partial charge in [0.05, 0.1) is 19.3 Å². The van der Waals surface area contributed by atoms with Crippen molar-refractivity contribution in [2.45, 2.75) is 19.4 Å². The summed E-state index contributed by atoms with van der Waals surface area (Å²) in [6, 6.07) is 2.57. The van der Waals surface area contributed by atoms with E-state index in [0.717, 1.165) is 19.6 Å². The molecule has 11 heavy (non-hydrogen) atoms. The first kappa shape index (κ1) is 6.85. The van der Waals surface area contributed by atoms with E-state index in [2.05, 4.69) is 22.8 Å². The van der Waals surface area contributed by atoms with Crippen molar-refractivity contribution in [2.24, 2.45) is 0 Å². The second kappa shape index (κ2) is 2.66. The van der Waals surface area contributed by atoms with Crippen molar-refractivity contribution in [1.29, 1.82) is 0 Å². The predicted molar refractivity (Wildman–Crippen MR) is 41.5 cm³/mol. The Labute approximate surface area is 66.0 Å². The zero-order chi connectivity index (χ0) is 7.68. The third-order valence-electron chi connectivity index (χ3n) is 2.08. The highest BCUT2D eigenvalue weighted by atomic mass is 16.5. The lowest BCUT2D eigenvalue weighted by atomic mass is 10.2. The van der Waals surface area contributed by atoms with E-state index in [4.69, 9.17) is 4.74 Å². The summed E-state index contributed by atoms with van der Waals surface area (Å²) in [7, 11) is 0. The summed E-state index contributed by atoms with van der Waals surface area (Å²) >= 11 is 0. The molecular weight excluding hydrogens is 140 g/mol. The molecule has 0 amide bonds. The molecule has 1 aromatic rings. The van der Waals surface area contributed by atoms with Gasteiger partial charge in [-0.05, 0) is 12.5 Å². The van der Waals surface area contributed by atoms with Crippen LogP contribution in [0, 0.1) is 0 Å². The van der Waals surface area contributed by atoms with Crippen LogP contribution in [0.15, 0.2) is 12.3 Å². The van der Waals surface area contributed by atoms with E-state index in [9.17, 15) is 0 Å². The molecule has 2 heterocycles. The molecule has 0 aliphatic carbocycles. The van der Waals surface area contributed by atoms with Crippen molar-refractivity contribution in [1.82, 2.24) is 9.78 Å². The molecule has 0 unspecified atom stereocenters. The van der Waals surface area contributed by atoms with E-state index >= 15 is 0 Å². The third kappa shape index (κ3) is 1.05. The molecule has 0 N–H and O–H groups in total. The molecule has 1 aliphatic heterocycles. The van der Waals surface area contributed by atoms with Gasteiger partial charge in [0.2, 0.25) is 0 Å². The lowest BCUT2D eigenvalue weighted by Gasteiger charge is -2.27. The van der Waals surface area contributed by atoms with Crippen LogP contribution in [0.3, 0.4) is 0 Å². The number of nitrogens with zero attached hydrogens (tertiary/aromatic N) is 2. The highest BCUT2D eigenvalue weighted by Gasteiger charge is 2.22. The van der Waals surface area contributed by atoms with E-state index in [1.165, 1.54) is 5.69 Å². The molecule has 0 radical (unpaired) electrons. The highest BCUT2D eigenvalue weighted by molar-refractivity contribution is 5.02. The first-order valence-corrected chi connectivity index (χ1v) is 4.02. The van der Waals surface area contributed by atoms with Gasteiger partial charge in [-0.1, -0.05) is 6.92 Å². The van der Waals surface area contributed by atoms with Gasteiger partial charge in [0, 0.05) is 11.9 Å². The molecule has 0 atom stereocenters. The second-order valence-electron chi connectivity index (χ2n) is 2.81. The Morgan fingerprint density at radius 2 is 2.55 bits per heavy atom. The lowest BCUT2D eigenvalue weighted by Crippen LogP contribution is -2.32. The molecule has 1 aliphatic rings. The molecule has 2 rings (SSSR count).